The third-order valence-electron chi connectivity index (χ3n) is 3.70. The highest BCUT2D eigenvalue weighted by atomic mass is 16.3. The van der Waals surface area contributed by atoms with E-state index in [0.717, 1.165) is 17.5 Å². The summed E-state index contributed by atoms with van der Waals surface area (Å²) in [4.78, 5) is 16.6. The molecule has 23 heavy (non-hydrogen) atoms. The number of nitrogens with one attached hydrogen (secondary N) is 1. The van der Waals surface area contributed by atoms with E-state index in [-0.39, 0.29) is 12.5 Å². The SMILES string of the molecule is Cc1nn2cccnc2c1C(=O)NCCc1ccc(CO)cc1. The lowest BCUT2D eigenvalue weighted by Gasteiger charge is -2.05. The first-order chi connectivity index (χ1) is 11.2. The van der Waals surface area contributed by atoms with Crippen LogP contribution in [0.25, 0.3) is 5.65 Å². The van der Waals surface area contributed by atoms with Crippen molar-refractivity contribution in [3.8, 4) is 0 Å². The van der Waals surface area contributed by atoms with Crippen molar-refractivity contribution in [1.82, 2.24) is 19.9 Å². The second-order valence-corrected chi connectivity index (χ2v) is 5.33. The highest BCUT2D eigenvalue weighted by Crippen LogP contribution is 2.12. The zero-order chi connectivity index (χ0) is 16.2. The maximum atomic E-state index is 12.4. The van der Waals surface area contributed by atoms with Crippen LogP contribution < -0.4 is 5.32 Å². The molecule has 0 spiro atoms. The molecule has 0 fully saturated rings. The van der Waals surface area contributed by atoms with Gasteiger partial charge in [-0.25, -0.2) is 9.50 Å². The largest absolute Gasteiger partial charge is 0.392 e. The topological polar surface area (TPSA) is 79.5 Å². The van der Waals surface area contributed by atoms with Crippen LogP contribution in [0.2, 0.25) is 0 Å². The lowest BCUT2D eigenvalue weighted by molar-refractivity contribution is 0.0955. The summed E-state index contributed by atoms with van der Waals surface area (Å²) < 4.78 is 1.61. The molecule has 0 aliphatic carbocycles. The van der Waals surface area contributed by atoms with Gasteiger partial charge in [0.15, 0.2) is 5.65 Å². The van der Waals surface area contributed by atoms with Crippen molar-refractivity contribution in [1.29, 1.82) is 0 Å². The normalized spacial score (nSPS) is 10.9. The number of hydrogen-bond donors (Lipinski definition) is 2. The number of aliphatic hydroxyl groups is 1. The predicted octanol–water partition coefficient (Wildman–Crippen LogP) is 1.50. The van der Waals surface area contributed by atoms with Crippen molar-refractivity contribution in [3.63, 3.8) is 0 Å². The molecule has 118 valence electrons. The third-order valence-corrected chi connectivity index (χ3v) is 3.70. The Kier molecular flexibility index (Phi) is 4.34. The molecule has 1 amide bonds. The smallest absolute Gasteiger partial charge is 0.257 e. The number of carbonyl (C=O) groups is 1. The standard InChI is InChI=1S/C17H18N4O2/c1-12-15(16-18-8-2-10-21(16)20-12)17(23)19-9-7-13-3-5-14(11-22)6-4-13/h2-6,8,10,22H,7,9,11H2,1H3,(H,19,23). The summed E-state index contributed by atoms with van der Waals surface area (Å²) in [5, 5.41) is 16.2. The number of benzene rings is 1. The number of aliphatic hydroxyl groups excluding tert-OH is 1. The zero-order valence-corrected chi connectivity index (χ0v) is 12.9. The molecule has 0 aliphatic rings. The maximum absolute atomic E-state index is 12.4. The van der Waals surface area contributed by atoms with Gasteiger partial charge in [0, 0.05) is 18.9 Å². The number of aryl methyl sites for hydroxylation is 1. The number of hydrogen-bond acceptors (Lipinski definition) is 4. The van der Waals surface area contributed by atoms with Crippen molar-refractivity contribution in [3.05, 3.63) is 65.1 Å². The highest BCUT2D eigenvalue weighted by Gasteiger charge is 2.17. The van der Waals surface area contributed by atoms with E-state index in [0.29, 0.717) is 23.4 Å². The van der Waals surface area contributed by atoms with E-state index >= 15 is 0 Å². The average Bonchev–Trinajstić information content (AvgIpc) is 2.91. The maximum Gasteiger partial charge on any atom is 0.257 e. The number of carbonyl (C=O) groups excluding carboxylic acids is 1. The Morgan fingerprint density at radius 2 is 2.00 bits per heavy atom. The van der Waals surface area contributed by atoms with E-state index in [1.54, 1.807) is 29.9 Å². The molecule has 0 saturated carbocycles. The molecule has 6 nitrogen and oxygen atoms in total. The van der Waals surface area contributed by atoms with E-state index < -0.39 is 0 Å². The van der Waals surface area contributed by atoms with Gasteiger partial charge in [-0.15, -0.1) is 0 Å². The van der Waals surface area contributed by atoms with E-state index in [2.05, 4.69) is 15.4 Å². The monoisotopic (exact) mass is 310 g/mol. The molecule has 0 bridgehead atoms. The number of fused-ring (bicyclic) bond motifs is 1. The molecule has 0 saturated heterocycles. The van der Waals surface area contributed by atoms with Crippen LogP contribution >= 0.6 is 0 Å². The van der Waals surface area contributed by atoms with Crippen molar-refractivity contribution in [2.24, 2.45) is 0 Å². The molecule has 0 radical (unpaired) electrons. The summed E-state index contributed by atoms with van der Waals surface area (Å²) in [5.74, 6) is -0.164. The van der Waals surface area contributed by atoms with Crippen LogP contribution in [0.1, 0.15) is 27.2 Å². The van der Waals surface area contributed by atoms with Crippen LogP contribution in [0.3, 0.4) is 0 Å². The summed E-state index contributed by atoms with van der Waals surface area (Å²) in [6.45, 7) is 2.37. The van der Waals surface area contributed by atoms with E-state index in [1.807, 2.05) is 24.3 Å². The van der Waals surface area contributed by atoms with E-state index in [9.17, 15) is 4.79 Å². The Hall–Kier alpha value is -2.73. The fraction of sp³-hybridized carbons (Fsp3) is 0.235. The Bertz CT molecular complexity index is 824. The molecule has 1 aromatic carbocycles. The summed E-state index contributed by atoms with van der Waals surface area (Å²) in [6.07, 6.45) is 4.15. The van der Waals surface area contributed by atoms with Crippen LogP contribution in [-0.2, 0) is 13.0 Å². The minimum Gasteiger partial charge on any atom is -0.392 e. The molecule has 2 N–H and O–H groups in total. The van der Waals surface area contributed by atoms with Crippen LogP contribution in [0.4, 0.5) is 0 Å². The minimum absolute atomic E-state index is 0.0397. The summed E-state index contributed by atoms with van der Waals surface area (Å²) in [5.41, 5.74) is 3.73. The van der Waals surface area contributed by atoms with Gasteiger partial charge in [-0.3, -0.25) is 4.79 Å². The molecule has 3 rings (SSSR count). The van der Waals surface area contributed by atoms with Crippen LogP contribution in [0.15, 0.2) is 42.7 Å². The van der Waals surface area contributed by atoms with Gasteiger partial charge < -0.3 is 10.4 Å². The second-order valence-electron chi connectivity index (χ2n) is 5.33. The first-order valence-electron chi connectivity index (χ1n) is 7.46. The second kappa shape index (κ2) is 6.58. The molecule has 3 aromatic rings. The van der Waals surface area contributed by atoms with Crippen molar-refractivity contribution in [2.45, 2.75) is 20.0 Å². The number of rotatable bonds is 5. The Morgan fingerprint density at radius 1 is 1.26 bits per heavy atom. The number of nitrogens with zero attached hydrogens (tertiary/aromatic N) is 3. The van der Waals surface area contributed by atoms with Gasteiger partial charge >= 0.3 is 0 Å². The Labute approximate surface area is 133 Å². The van der Waals surface area contributed by atoms with Gasteiger partial charge in [-0.1, -0.05) is 24.3 Å². The van der Waals surface area contributed by atoms with Crippen LogP contribution in [0, 0.1) is 6.92 Å². The van der Waals surface area contributed by atoms with Crippen molar-refractivity contribution >= 4 is 11.6 Å². The minimum atomic E-state index is -0.164. The third kappa shape index (κ3) is 3.22. The van der Waals surface area contributed by atoms with E-state index in [1.165, 1.54) is 0 Å². The Balaban J connectivity index is 1.65. The molecule has 2 heterocycles. The van der Waals surface area contributed by atoms with Crippen LogP contribution in [-0.4, -0.2) is 32.2 Å². The van der Waals surface area contributed by atoms with E-state index in [4.69, 9.17) is 5.11 Å². The molecule has 2 aromatic heterocycles. The van der Waals surface area contributed by atoms with Gasteiger partial charge in [0.1, 0.15) is 5.56 Å². The van der Waals surface area contributed by atoms with Gasteiger partial charge in [-0.2, -0.15) is 5.10 Å². The zero-order valence-electron chi connectivity index (χ0n) is 12.9. The Morgan fingerprint density at radius 3 is 2.74 bits per heavy atom. The van der Waals surface area contributed by atoms with Crippen LogP contribution in [0.5, 0.6) is 0 Å². The molecular formula is C17H18N4O2. The lowest BCUT2D eigenvalue weighted by atomic mass is 10.1. The van der Waals surface area contributed by atoms with Crippen molar-refractivity contribution in [2.75, 3.05) is 6.54 Å². The summed E-state index contributed by atoms with van der Waals surface area (Å²) in [6, 6.07) is 9.46. The molecule has 0 atom stereocenters. The van der Waals surface area contributed by atoms with Gasteiger partial charge in [0.2, 0.25) is 0 Å². The fourth-order valence-electron chi connectivity index (χ4n) is 2.48. The first kappa shape index (κ1) is 15.2. The van der Waals surface area contributed by atoms with Gasteiger partial charge in [0.25, 0.3) is 5.91 Å². The van der Waals surface area contributed by atoms with Gasteiger partial charge in [-0.05, 0) is 30.5 Å². The summed E-state index contributed by atoms with van der Waals surface area (Å²) >= 11 is 0. The summed E-state index contributed by atoms with van der Waals surface area (Å²) in [7, 11) is 0. The number of amides is 1. The molecule has 0 aliphatic heterocycles. The average molecular weight is 310 g/mol. The highest BCUT2D eigenvalue weighted by molar-refractivity contribution is 6.00. The van der Waals surface area contributed by atoms with Gasteiger partial charge in [0.05, 0.1) is 12.3 Å². The quantitative estimate of drug-likeness (QED) is 0.748. The van der Waals surface area contributed by atoms with Crippen molar-refractivity contribution < 1.29 is 9.90 Å². The molecule has 0 unspecified atom stereocenters. The molecule has 6 heteroatoms. The number of aromatic nitrogens is 3. The first-order valence-corrected chi connectivity index (χ1v) is 7.46. The fourth-order valence-corrected chi connectivity index (χ4v) is 2.48. The lowest BCUT2D eigenvalue weighted by Crippen LogP contribution is -2.26. The predicted molar refractivity (Wildman–Crippen MR) is 86.1 cm³/mol. The molecular weight excluding hydrogens is 292 g/mol.